The van der Waals surface area contributed by atoms with Crippen molar-refractivity contribution in [2.45, 2.75) is 39.5 Å². The van der Waals surface area contributed by atoms with E-state index in [1.807, 2.05) is 24.5 Å². The molecule has 2 aromatic heterocycles. The summed E-state index contributed by atoms with van der Waals surface area (Å²) in [5.74, 6) is -0.827. The standard InChI is InChI=1S/C24H24BrN3O4S/c1-13-10-15(12-26-27-22(29)18-11-16(25)8-9-19(18)32-3)14(2)28(13)23-21(24(30)31)17-6-4-5-7-20(17)33-23/h8-12H,4-7H2,1-3H3,(H,27,29)(H,30,31)/b26-12-. The largest absolute Gasteiger partial charge is 0.496 e. The quantitative estimate of drug-likeness (QED) is 0.336. The van der Waals surface area contributed by atoms with Gasteiger partial charge in [0.05, 0.1) is 24.5 Å². The van der Waals surface area contributed by atoms with E-state index in [0.717, 1.165) is 57.7 Å². The lowest BCUT2D eigenvalue weighted by Crippen LogP contribution is -2.18. The maximum atomic E-state index is 12.6. The number of aromatic nitrogens is 1. The molecule has 1 amide bonds. The number of aromatic carboxylic acids is 1. The number of halogens is 1. The molecule has 2 N–H and O–H groups in total. The van der Waals surface area contributed by atoms with Crippen LogP contribution in [-0.2, 0) is 12.8 Å². The molecule has 1 aliphatic carbocycles. The Hall–Kier alpha value is -2.91. The van der Waals surface area contributed by atoms with Crippen molar-refractivity contribution in [3.05, 3.63) is 67.3 Å². The molecule has 7 nitrogen and oxygen atoms in total. The third kappa shape index (κ3) is 4.47. The summed E-state index contributed by atoms with van der Waals surface area (Å²) in [6, 6.07) is 7.11. The molecule has 9 heteroatoms. The second kappa shape index (κ2) is 9.52. The van der Waals surface area contributed by atoms with Crippen LogP contribution in [0.15, 0.2) is 33.8 Å². The number of methoxy groups -OCH3 is 1. The maximum Gasteiger partial charge on any atom is 0.339 e. The second-order valence-corrected chi connectivity index (χ2v) is 9.90. The molecule has 0 atom stereocenters. The van der Waals surface area contributed by atoms with Gasteiger partial charge < -0.3 is 14.4 Å². The average Bonchev–Trinajstić information content (AvgIpc) is 3.30. The Balaban J connectivity index is 1.63. The summed E-state index contributed by atoms with van der Waals surface area (Å²) in [5, 5.41) is 14.8. The van der Waals surface area contributed by atoms with Crippen LogP contribution in [0.25, 0.3) is 5.00 Å². The van der Waals surface area contributed by atoms with Gasteiger partial charge in [0, 0.05) is 26.3 Å². The number of aryl methyl sites for hydroxylation is 2. The van der Waals surface area contributed by atoms with Crippen molar-refractivity contribution < 1.29 is 19.4 Å². The zero-order chi connectivity index (χ0) is 23.7. The Morgan fingerprint density at radius 1 is 1.24 bits per heavy atom. The number of nitrogens with one attached hydrogen (secondary N) is 1. The van der Waals surface area contributed by atoms with Crippen LogP contribution < -0.4 is 10.2 Å². The predicted octanol–water partition coefficient (Wildman–Crippen LogP) is 5.27. The van der Waals surface area contributed by atoms with Crippen molar-refractivity contribution >= 4 is 45.4 Å². The molecule has 172 valence electrons. The van der Waals surface area contributed by atoms with Gasteiger partial charge in [-0.15, -0.1) is 11.3 Å². The van der Waals surface area contributed by atoms with Crippen molar-refractivity contribution in [1.82, 2.24) is 9.99 Å². The summed E-state index contributed by atoms with van der Waals surface area (Å²) in [6.45, 7) is 3.87. The Morgan fingerprint density at radius 2 is 2.00 bits per heavy atom. The van der Waals surface area contributed by atoms with Gasteiger partial charge in [0.25, 0.3) is 5.91 Å². The molecule has 0 radical (unpaired) electrons. The first kappa shape index (κ1) is 23.3. The average molecular weight is 530 g/mol. The predicted molar refractivity (Wildman–Crippen MR) is 132 cm³/mol. The van der Waals surface area contributed by atoms with Gasteiger partial charge >= 0.3 is 5.97 Å². The van der Waals surface area contributed by atoms with Gasteiger partial charge in [0.2, 0.25) is 0 Å². The summed E-state index contributed by atoms with van der Waals surface area (Å²) in [7, 11) is 1.51. The fraction of sp³-hybridized carbons (Fsp3) is 0.292. The Labute approximate surface area is 204 Å². The number of hydrazone groups is 1. The van der Waals surface area contributed by atoms with Crippen molar-refractivity contribution in [3.63, 3.8) is 0 Å². The molecule has 0 saturated carbocycles. The van der Waals surface area contributed by atoms with E-state index in [9.17, 15) is 14.7 Å². The van der Waals surface area contributed by atoms with Crippen LogP contribution in [0.4, 0.5) is 0 Å². The molecule has 33 heavy (non-hydrogen) atoms. The smallest absolute Gasteiger partial charge is 0.339 e. The number of rotatable bonds is 6. The molecule has 0 saturated heterocycles. The molecule has 3 aromatic rings. The van der Waals surface area contributed by atoms with Gasteiger partial charge in [-0.1, -0.05) is 15.9 Å². The molecule has 0 aliphatic heterocycles. The van der Waals surface area contributed by atoms with Gasteiger partial charge in [0.15, 0.2) is 0 Å². The van der Waals surface area contributed by atoms with Crippen molar-refractivity contribution in [2.75, 3.05) is 7.11 Å². The molecule has 4 rings (SSSR count). The van der Waals surface area contributed by atoms with Crippen LogP contribution in [0.2, 0.25) is 0 Å². The van der Waals surface area contributed by atoms with Crippen molar-refractivity contribution in [3.8, 4) is 10.8 Å². The number of carbonyl (C=O) groups excluding carboxylic acids is 1. The highest BCUT2D eigenvalue weighted by Gasteiger charge is 2.27. The topological polar surface area (TPSA) is 92.9 Å². The summed E-state index contributed by atoms with van der Waals surface area (Å²) >= 11 is 4.93. The number of hydrogen-bond acceptors (Lipinski definition) is 5. The van der Waals surface area contributed by atoms with Crippen molar-refractivity contribution in [2.24, 2.45) is 5.10 Å². The summed E-state index contributed by atoms with van der Waals surface area (Å²) in [4.78, 5) is 25.9. The third-order valence-electron chi connectivity index (χ3n) is 5.82. The van der Waals surface area contributed by atoms with E-state index < -0.39 is 11.9 Å². The third-order valence-corrected chi connectivity index (χ3v) is 7.59. The number of carboxylic acids is 1. The zero-order valence-corrected chi connectivity index (χ0v) is 21.0. The van der Waals surface area contributed by atoms with Crippen molar-refractivity contribution in [1.29, 1.82) is 0 Å². The number of thiophene rings is 1. The molecule has 0 fully saturated rings. The summed E-state index contributed by atoms with van der Waals surface area (Å²) < 4.78 is 7.99. The van der Waals surface area contributed by atoms with Gasteiger partial charge in [-0.25, -0.2) is 10.2 Å². The molecule has 1 aliphatic rings. The molecule has 0 bridgehead atoms. The molecule has 0 spiro atoms. The first-order chi connectivity index (χ1) is 15.8. The highest BCUT2D eigenvalue weighted by molar-refractivity contribution is 9.10. The van der Waals surface area contributed by atoms with E-state index in [0.29, 0.717) is 16.9 Å². The number of fused-ring (bicyclic) bond motifs is 1. The minimum absolute atomic E-state index is 0.366. The SMILES string of the molecule is COc1ccc(Br)cc1C(=O)N/N=C\c1cc(C)n(-c2sc3c(c2C(=O)O)CCCC3)c1C. The van der Waals surface area contributed by atoms with Gasteiger partial charge in [-0.05, 0) is 69.4 Å². The molecular formula is C24H24BrN3O4S. The summed E-state index contributed by atoms with van der Waals surface area (Å²) in [5.41, 5.74) is 6.88. The fourth-order valence-electron chi connectivity index (χ4n) is 4.24. The number of carbonyl (C=O) groups is 2. The van der Waals surface area contributed by atoms with E-state index in [1.165, 1.54) is 12.0 Å². The van der Waals surface area contributed by atoms with E-state index in [4.69, 9.17) is 4.74 Å². The van der Waals surface area contributed by atoms with E-state index in [-0.39, 0.29) is 0 Å². The van der Waals surface area contributed by atoms with Crippen LogP contribution in [0.5, 0.6) is 5.75 Å². The maximum absolute atomic E-state index is 12.6. The number of carboxylic acid groups (broad SMARTS) is 1. The number of ether oxygens (including phenoxy) is 1. The molecule has 2 heterocycles. The molecular weight excluding hydrogens is 506 g/mol. The van der Waals surface area contributed by atoms with Gasteiger partial charge in [-0.2, -0.15) is 5.10 Å². The number of benzene rings is 1. The second-order valence-electron chi connectivity index (χ2n) is 7.90. The van der Waals surface area contributed by atoms with Gasteiger partial charge in [-0.3, -0.25) is 4.79 Å². The number of hydrogen-bond donors (Lipinski definition) is 2. The lowest BCUT2D eigenvalue weighted by Gasteiger charge is -2.11. The fourth-order valence-corrected chi connectivity index (χ4v) is 6.09. The van der Waals surface area contributed by atoms with Crippen LogP contribution >= 0.6 is 27.3 Å². The first-order valence-corrected chi connectivity index (χ1v) is 12.2. The Bertz CT molecular complexity index is 1280. The minimum atomic E-state index is -0.887. The summed E-state index contributed by atoms with van der Waals surface area (Å²) in [6.07, 6.45) is 5.43. The number of nitrogens with zero attached hydrogens (tertiary/aromatic N) is 2. The van der Waals surface area contributed by atoms with Crippen LogP contribution in [-0.4, -0.2) is 34.9 Å². The van der Waals surface area contributed by atoms with Crippen LogP contribution in [0.3, 0.4) is 0 Å². The highest BCUT2D eigenvalue weighted by atomic mass is 79.9. The molecule has 0 unspecified atom stereocenters. The van der Waals surface area contributed by atoms with Gasteiger partial charge in [0.1, 0.15) is 10.8 Å². The highest BCUT2D eigenvalue weighted by Crippen LogP contribution is 2.38. The van der Waals surface area contributed by atoms with Crippen LogP contribution in [0, 0.1) is 13.8 Å². The van der Waals surface area contributed by atoms with E-state index in [1.54, 1.807) is 35.8 Å². The molecule has 1 aromatic carbocycles. The lowest BCUT2D eigenvalue weighted by atomic mass is 9.95. The Kier molecular flexibility index (Phi) is 6.71. The van der Waals surface area contributed by atoms with Crippen LogP contribution in [0.1, 0.15) is 60.9 Å². The lowest BCUT2D eigenvalue weighted by molar-refractivity contribution is 0.0695. The first-order valence-electron chi connectivity index (χ1n) is 10.6. The number of amides is 1. The Morgan fingerprint density at radius 3 is 2.73 bits per heavy atom. The van der Waals surface area contributed by atoms with E-state index in [2.05, 4.69) is 26.5 Å². The zero-order valence-electron chi connectivity index (χ0n) is 18.6. The monoisotopic (exact) mass is 529 g/mol. The normalized spacial score (nSPS) is 13.2. The minimum Gasteiger partial charge on any atom is -0.496 e. The van der Waals surface area contributed by atoms with E-state index >= 15 is 0 Å².